The zero-order chi connectivity index (χ0) is 22.0. The number of carbonyl (C=O) groups is 1. The summed E-state index contributed by atoms with van der Waals surface area (Å²) in [7, 11) is 0. The Hall–Kier alpha value is -2.89. The van der Waals surface area contributed by atoms with Gasteiger partial charge in [-0.1, -0.05) is 65.8 Å². The van der Waals surface area contributed by atoms with Gasteiger partial charge in [0.15, 0.2) is 6.10 Å². The number of benzene rings is 3. The van der Waals surface area contributed by atoms with Crippen LogP contribution in [0, 0.1) is 6.92 Å². The average molecular weight is 452 g/mol. The van der Waals surface area contributed by atoms with Crippen LogP contribution in [0.5, 0.6) is 5.75 Å². The minimum absolute atomic E-state index is 0.377. The number of aliphatic carboxylic acids is 1. The third-order valence-corrected chi connectivity index (χ3v) is 6.66. The molecule has 0 bridgehead atoms. The monoisotopic (exact) mass is 451 g/mol. The van der Waals surface area contributed by atoms with Crippen molar-refractivity contribution in [3.63, 3.8) is 0 Å². The summed E-state index contributed by atoms with van der Waals surface area (Å²) >= 11 is 8.00. The molecule has 0 unspecified atom stereocenters. The quantitative estimate of drug-likeness (QED) is 0.341. The summed E-state index contributed by atoms with van der Waals surface area (Å²) in [5, 5.41) is 10.7. The van der Waals surface area contributed by atoms with Crippen molar-refractivity contribution < 1.29 is 14.6 Å². The van der Waals surface area contributed by atoms with E-state index in [1.54, 1.807) is 17.8 Å². The number of carboxylic acids is 1. The van der Waals surface area contributed by atoms with Gasteiger partial charge in [-0.05, 0) is 49.7 Å². The summed E-state index contributed by atoms with van der Waals surface area (Å²) in [4.78, 5) is 13.6. The summed E-state index contributed by atoms with van der Waals surface area (Å²) in [5.74, 6) is -0.654. The molecule has 3 aromatic carbocycles. The van der Waals surface area contributed by atoms with Crippen molar-refractivity contribution in [2.75, 3.05) is 0 Å². The van der Waals surface area contributed by atoms with Gasteiger partial charge in [-0.25, -0.2) is 4.79 Å². The Morgan fingerprint density at radius 3 is 2.55 bits per heavy atom. The molecular weight excluding hydrogens is 430 g/mol. The van der Waals surface area contributed by atoms with Crippen LogP contribution in [0.25, 0.3) is 10.9 Å². The molecule has 0 saturated heterocycles. The summed E-state index contributed by atoms with van der Waals surface area (Å²) < 4.78 is 7.81. The van der Waals surface area contributed by atoms with Gasteiger partial charge in [0, 0.05) is 32.9 Å². The molecule has 1 N–H and O–H groups in total. The molecule has 1 heterocycles. The Labute approximate surface area is 190 Å². The first kappa shape index (κ1) is 21.3. The Kier molecular flexibility index (Phi) is 6.25. The number of hydrogen-bond donors (Lipinski definition) is 1. The van der Waals surface area contributed by atoms with E-state index in [-0.39, 0.29) is 0 Å². The molecule has 0 saturated carbocycles. The lowest BCUT2D eigenvalue weighted by Crippen LogP contribution is -2.23. The third-order valence-electron chi connectivity index (χ3n) is 5.12. The highest BCUT2D eigenvalue weighted by atomic mass is 35.5. The van der Waals surface area contributed by atoms with Crippen molar-refractivity contribution >= 4 is 40.2 Å². The number of rotatable bonds is 7. The molecule has 0 fully saturated rings. The molecule has 0 aliphatic rings. The minimum atomic E-state index is -1.03. The molecule has 0 aliphatic carbocycles. The van der Waals surface area contributed by atoms with Crippen LogP contribution >= 0.6 is 23.4 Å². The van der Waals surface area contributed by atoms with E-state index in [2.05, 4.69) is 41.8 Å². The van der Waals surface area contributed by atoms with Crippen LogP contribution in [-0.4, -0.2) is 21.7 Å². The van der Waals surface area contributed by atoms with Crippen molar-refractivity contribution in [1.29, 1.82) is 0 Å². The molecule has 158 valence electrons. The second-order valence-corrected chi connectivity index (χ2v) is 8.79. The molecule has 0 aliphatic heterocycles. The van der Waals surface area contributed by atoms with Gasteiger partial charge in [-0.2, -0.15) is 0 Å². The van der Waals surface area contributed by atoms with Gasteiger partial charge in [0.1, 0.15) is 5.75 Å². The fourth-order valence-corrected chi connectivity index (χ4v) is 4.73. The van der Waals surface area contributed by atoms with Crippen LogP contribution in [0.15, 0.2) is 82.6 Å². The fourth-order valence-electron chi connectivity index (χ4n) is 3.50. The van der Waals surface area contributed by atoms with Crippen LogP contribution < -0.4 is 4.74 Å². The molecule has 4 rings (SSSR count). The first-order valence-corrected chi connectivity index (χ1v) is 11.1. The maximum atomic E-state index is 11.2. The number of ether oxygens (including phenoxy) is 1. The second kappa shape index (κ2) is 9.08. The molecule has 4 aromatic rings. The first-order chi connectivity index (χ1) is 14.9. The van der Waals surface area contributed by atoms with E-state index in [0.29, 0.717) is 17.3 Å². The van der Waals surface area contributed by atoms with E-state index in [0.717, 1.165) is 11.1 Å². The number of nitrogens with zero attached hydrogens (tertiary/aromatic N) is 1. The van der Waals surface area contributed by atoms with Gasteiger partial charge >= 0.3 is 5.97 Å². The first-order valence-electron chi connectivity index (χ1n) is 9.92. The van der Waals surface area contributed by atoms with Crippen molar-refractivity contribution in [1.82, 2.24) is 4.57 Å². The fraction of sp³-hybridized carbons (Fsp3) is 0.160. The number of halogens is 1. The zero-order valence-corrected chi connectivity index (χ0v) is 18.8. The van der Waals surface area contributed by atoms with Gasteiger partial charge in [0.25, 0.3) is 0 Å². The van der Waals surface area contributed by atoms with E-state index >= 15 is 0 Å². The van der Waals surface area contributed by atoms with Crippen molar-refractivity contribution in [2.24, 2.45) is 0 Å². The highest BCUT2D eigenvalue weighted by Crippen LogP contribution is 2.38. The van der Waals surface area contributed by atoms with Gasteiger partial charge in [0.05, 0.1) is 5.02 Å². The lowest BCUT2D eigenvalue weighted by molar-refractivity contribution is -0.144. The molecule has 1 atom stereocenters. The Bertz CT molecular complexity index is 1240. The number of hydrogen-bond acceptors (Lipinski definition) is 3. The van der Waals surface area contributed by atoms with Crippen LogP contribution in [-0.2, 0) is 11.3 Å². The Morgan fingerprint density at radius 1 is 1.10 bits per heavy atom. The Morgan fingerprint density at radius 2 is 1.81 bits per heavy atom. The highest BCUT2D eigenvalue weighted by molar-refractivity contribution is 7.99. The number of carboxylic acid groups (broad SMARTS) is 1. The minimum Gasteiger partial charge on any atom is -0.479 e. The summed E-state index contributed by atoms with van der Waals surface area (Å²) in [6, 6.07) is 24.2. The van der Waals surface area contributed by atoms with Crippen LogP contribution in [0.1, 0.15) is 18.2 Å². The van der Waals surface area contributed by atoms with E-state index in [1.165, 1.54) is 27.8 Å². The van der Waals surface area contributed by atoms with Gasteiger partial charge in [-0.15, -0.1) is 0 Å². The van der Waals surface area contributed by atoms with Crippen molar-refractivity contribution in [2.45, 2.75) is 36.3 Å². The lowest BCUT2D eigenvalue weighted by atomic mass is 10.2. The third kappa shape index (κ3) is 4.58. The Balaban J connectivity index is 1.71. The van der Waals surface area contributed by atoms with Gasteiger partial charge < -0.3 is 14.4 Å². The van der Waals surface area contributed by atoms with Crippen LogP contribution in [0.2, 0.25) is 5.02 Å². The van der Waals surface area contributed by atoms with E-state index in [4.69, 9.17) is 21.4 Å². The van der Waals surface area contributed by atoms with Crippen molar-refractivity contribution in [3.05, 3.63) is 89.1 Å². The molecule has 1 aromatic heterocycles. The van der Waals surface area contributed by atoms with Crippen molar-refractivity contribution in [3.8, 4) is 5.75 Å². The molecule has 4 nitrogen and oxygen atoms in total. The molecule has 0 spiro atoms. The number of aromatic nitrogens is 1. The summed E-state index contributed by atoms with van der Waals surface area (Å²) in [6.45, 7) is 4.24. The predicted octanol–water partition coefficient (Wildman–Crippen LogP) is 6.65. The maximum absolute atomic E-state index is 11.2. The number of para-hydroxylation sites is 1. The molecular formula is C25H22ClNO3S. The normalized spacial score (nSPS) is 12.1. The maximum Gasteiger partial charge on any atom is 0.344 e. The largest absolute Gasteiger partial charge is 0.479 e. The van der Waals surface area contributed by atoms with Gasteiger partial charge in [0.2, 0.25) is 0 Å². The molecule has 6 heteroatoms. The highest BCUT2D eigenvalue weighted by Gasteiger charge is 2.17. The van der Waals surface area contributed by atoms with Crippen LogP contribution in [0.3, 0.4) is 0 Å². The van der Waals surface area contributed by atoms with Gasteiger partial charge in [-0.3, -0.25) is 0 Å². The molecule has 0 radical (unpaired) electrons. The van der Waals surface area contributed by atoms with E-state index in [1.807, 2.05) is 36.4 Å². The summed E-state index contributed by atoms with van der Waals surface area (Å²) in [6.07, 6.45) is -0.976. The zero-order valence-electron chi connectivity index (χ0n) is 17.2. The topological polar surface area (TPSA) is 51.5 Å². The predicted molar refractivity (Wildman–Crippen MR) is 126 cm³/mol. The van der Waals surface area contributed by atoms with E-state index < -0.39 is 12.1 Å². The second-order valence-electron chi connectivity index (χ2n) is 7.30. The SMILES string of the molecule is Cc1c(Sc2ccccc2)c2ccccc2n1Cc1ccc(Cl)c(O[C@@H](C)C(=O)O)c1. The van der Waals surface area contributed by atoms with E-state index in [9.17, 15) is 4.79 Å². The standard InChI is InChI=1S/C25H22ClNO3S/c1-16-24(31-19-8-4-3-5-9-19)20-10-6-7-11-22(20)27(16)15-18-12-13-21(26)23(14-18)30-17(2)25(28)29/h3-14,17H,15H2,1-2H3,(H,28,29)/t17-/m0/s1. The number of fused-ring (bicyclic) bond motifs is 1. The molecule has 0 amide bonds. The molecule has 31 heavy (non-hydrogen) atoms. The smallest absolute Gasteiger partial charge is 0.344 e. The summed E-state index contributed by atoms with van der Waals surface area (Å²) in [5.41, 5.74) is 3.30. The average Bonchev–Trinajstić information content (AvgIpc) is 3.02. The lowest BCUT2D eigenvalue weighted by Gasteiger charge is -2.14. The van der Waals surface area contributed by atoms with Crippen LogP contribution in [0.4, 0.5) is 0 Å².